The molecule has 6 N–H and O–H groups in total. The van der Waals surface area contributed by atoms with Crippen LogP contribution in [0.5, 0.6) is 0 Å². The third-order valence-electron chi connectivity index (χ3n) is 5.73. The molecule has 0 radical (unpaired) electrons. The average molecular weight is 525 g/mol. The van der Waals surface area contributed by atoms with Crippen molar-refractivity contribution >= 4 is 58.3 Å². The van der Waals surface area contributed by atoms with Gasteiger partial charge in [-0.05, 0) is 50.5 Å². The van der Waals surface area contributed by atoms with E-state index in [1.54, 1.807) is 31.2 Å². The van der Waals surface area contributed by atoms with Crippen LogP contribution in [-0.4, -0.2) is 50.0 Å². The predicted molar refractivity (Wildman–Crippen MR) is 139 cm³/mol. The second-order valence-electron chi connectivity index (χ2n) is 8.35. The molecule has 192 valence electrons. The van der Waals surface area contributed by atoms with Gasteiger partial charge in [0.25, 0.3) is 5.91 Å². The molecule has 0 unspecified atom stereocenters. The van der Waals surface area contributed by atoms with Gasteiger partial charge in [0.2, 0.25) is 5.95 Å². The number of benzene rings is 1. The van der Waals surface area contributed by atoms with Crippen LogP contribution in [-0.2, 0) is 4.79 Å². The van der Waals surface area contributed by atoms with Crippen LogP contribution in [0.15, 0.2) is 48.9 Å². The zero-order valence-corrected chi connectivity index (χ0v) is 20.6. The topological polar surface area (TPSA) is 170 Å². The summed E-state index contributed by atoms with van der Waals surface area (Å²) >= 11 is 5.97. The lowest BCUT2D eigenvalue weighted by atomic mass is 9.77. The Balaban J connectivity index is 1.52. The number of rotatable bonds is 9. The van der Waals surface area contributed by atoms with Crippen molar-refractivity contribution in [2.24, 2.45) is 0 Å². The molecular formula is C24H25ClN8O4. The van der Waals surface area contributed by atoms with Gasteiger partial charge >= 0.3 is 12.0 Å². The number of carboxylic acids is 1. The molecule has 1 aliphatic carbocycles. The Bertz CT molecular complexity index is 1300. The van der Waals surface area contributed by atoms with E-state index in [4.69, 9.17) is 11.6 Å². The maximum absolute atomic E-state index is 13.1. The van der Waals surface area contributed by atoms with E-state index < -0.39 is 23.4 Å². The number of halogens is 1. The number of nitrogens with one attached hydrogen (secondary N) is 5. The Morgan fingerprint density at radius 3 is 2.30 bits per heavy atom. The lowest BCUT2D eigenvalue weighted by Gasteiger charge is -2.38. The number of hydrogen-bond donors (Lipinski definition) is 6. The SMILES string of the molecule is CCNC(=O)Nc1cc(Nc2ccc(Cl)cc2)c(C(=O)Nc2cnc(NC3(C(=O)O)CCC3)nc2)cn1. The quantitative estimate of drug-likeness (QED) is 0.241. The third kappa shape index (κ3) is 6.22. The van der Waals surface area contributed by atoms with Gasteiger partial charge in [-0.1, -0.05) is 11.6 Å². The zero-order chi connectivity index (χ0) is 26.4. The van der Waals surface area contributed by atoms with E-state index in [9.17, 15) is 19.5 Å². The maximum atomic E-state index is 13.1. The molecule has 1 saturated carbocycles. The highest BCUT2D eigenvalue weighted by molar-refractivity contribution is 6.30. The van der Waals surface area contributed by atoms with Gasteiger partial charge in [-0.25, -0.2) is 24.5 Å². The highest BCUT2D eigenvalue weighted by Crippen LogP contribution is 2.34. The smallest absolute Gasteiger partial charge is 0.329 e. The van der Waals surface area contributed by atoms with Gasteiger partial charge < -0.3 is 26.4 Å². The van der Waals surface area contributed by atoms with Crippen LogP contribution in [0.4, 0.5) is 33.6 Å². The maximum Gasteiger partial charge on any atom is 0.329 e. The molecule has 13 heteroatoms. The Morgan fingerprint density at radius 2 is 1.70 bits per heavy atom. The van der Waals surface area contributed by atoms with E-state index in [0.29, 0.717) is 41.5 Å². The van der Waals surface area contributed by atoms with Crippen molar-refractivity contribution in [3.05, 3.63) is 59.5 Å². The summed E-state index contributed by atoms with van der Waals surface area (Å²) in [5, 5.41) is 24.0. The van der Waals surface area contributed by atoms with Crippen molar-refractivity contribution in [3.8, 4) is 0 Å². The van der Waals surface area contributed by atoms with Crippen LogP contribution < -0.4 is 26.6 Å². The third-order valence-corrected chi connectivity index (χ3v) is 5.98. The fraction of sp³-hybridized carbons (Fsp3) is 0.250. The number of anilines is 5. The normalized spacial score (nSPS) is 13.6. The van der Waals surface area contributed by atoms with E-state index in [1.807, 2.05) is 0 Å². The van der Waals surface area contributed by atoms with Gasteiger partial charge in [-0.2, -0.15) is 0 Å². The molecule has 0 saturated heterocycles. The van der Waals surface area contributed by atoms with E-state index in [2.05, 4.69) is 41.5 Å². The number of amides is 3. The summed E-state index contributed by atoms with van der Waals surface area (Å²) in [6.07, 6.45) is 5.89. The predicted octanol–water partition coefficient (Wildman–Crippen LogP) is 4.08. The molecule has 3 aromatic rings. The summed E-state index contributed by atoms with van der Waals surface area (Å²) in [6, 6.07) is 7.99. The molecule has 0 atom stereocenters. The van der Waals surface area contributed by atoms with E-state index in [0.717, 1.165) is 6.42 Å². The van der Waals surface area contributed by atoms with Gasteiger partial charge in [-0.15, -0.1) is 0 Å². The Morgan fingerprint density at radius 1 is 1.00 bits per heavy atom. The molecule has 0 aliphatic heterocycles. The number of aliphatic carboxylic acids is 1. The Labute approximate surface area is 217 Å². The van der Waals surface area contributed by atoms with E-state index >= 15 is 0 Å². The summed E-state index contributed by atoms with van der Waals surface area (Å²) < 4.78 is 0. The fourth-order valence-electron chi connectivity index (χ4n) is 3.61. The number of carbonyl (C=O) groups excluding carboxylic acids is 2. The minimum absolute atomic E-state index is 0.160. The molecule has 2 heterocycles. The molecule has 3 amide bonds. The number of carboxylic acid groups (broad SMARTS) is 1. The monoisotopic (exact) mass is 524 g/mol. The summed E-state index contributed by atoms with van der Waals surface area (Å²) in [7, 11) is 0. The van der Waals surface area contributed by atoms with Crippen LogP contribution >= 0.6 is 11.6 Å². The van der Waals surface area contributed by atoms with Gasteiger partial charge in [0.05, 0.1) is 29.3 Å². The molecule has 1 aromatic carbocycles. The first-order chi connectivity index (χ1) is 17.8. The molecule has 1 fully saturated rings. The highest BCUT2D eigenvalue weighted by Gasteiger charge is 2.45. The molecule has 1 aliphatic rings. The number of urea groups is 1. The average Bonchev–Trinajstić information content (AvgIpc) is 2.84. The van der Waals surface area contributed by atoms with Gasteiger partial charge in [-0.3, -0.25) is 10.1 Å². The molecule has 2 aromatic heterocycles. The second-order valence-corrected chi connectivity index (χ2v) is 8.78. The summed E-state index contributed by atoms with van der Waals surface area (Å²) in [5.74, 6) is -1.05. The second kappa shape index (κ2) is 11.1. The standard InChI is InChI=1S/C24H25ClN8O4/c1-2-26-23(37)32-19-10-18(30-15-6-4-14(25)5-7-15)17(13-27-19)20(34)31-16-11-28-22(29-12-16)33-24(21(35)36)8-3-9-24/h4-7,10-13H,2-3,8-9H2,1H3,(H,31,34)(H,35,36)(H,28,29,33)(H3,26,27,30,32,37). The van der Waals surface area contributed by atoms with Crippen molar-refractivity contribution in [1.29, 1.82) is 0 Å². The van der Waals surface area contributed by atoms with Gasteiger partial charge in [0.15, 0.2) is 0 Å². The molecule has 0 bridgehead atoms. The van der Waals surface area contributed by atoms with Crippen LogP contribution in [0.3, 0.4) is 0 Å². The molecular weight excluding hydrogens is 500 g/mol. The lowest BCUT2D eigenvalue weighted by molar-refractivity contribution is -0.145. The zero-order valence-electron chi connectivity index (χ0n) is 19.8. The summed E-state index contributed by atoms with van der Waals surface area (Å²) in [4.78, 5) is 49.0. The fourth-order valence-corrected chi connectivity index (χ4v) is 3.74. The van der Waals surface area contributed by atoms with Crippen LogP contribution in [0.2, 0.25) is 5.02 Å². The van der Waals surface area contributed by atoms with E-state index in [1.165, 1.54) is 24.7 Å². The Hall–Kier alpha value is -4.45. The van der Waals surface area contributed by atoms with E-state index in [-0.39, 0.29) is 17.3 Å². The van der Waals surface area contributed by atoms with Crippen molar-refractivity contribution < 1.29 is 19.5 Å². The van der Waals surface area contributed by atoms with Crippen molar-refractivity contribution in [2.75, 3.05) is 27.8 Å². The number of carbonyl (C=O) groups is 3. The van der Waals surface area contributed by atoms with Gasteiger partial charge in [0.1, 0.15) is 11.4 Å². The molecule has 12 nitrogen and oxygen atoms in total. The Kier molecular flexibility index (Phi) is 7.68. The minimum atomic E-state index is -1.05. The van der Waals surface area contributed by atoms with Crippen molar-refractivity contribution in [1.82, 2.24) is 20.3 Å². The largest absolute Gasteiger partial charge is 0.480 e. The van der Waals surface area contributed by atoms with Crippen molar-refractivity contribution in [2.45, 2.75) is 31.7 Å². The van der Waals surface area contributed by atoms with Crippen molar-refractivity contribution in [3.63, 3.8) is 0 Å². The molecule has 4 rings (SSSR count). The summed E-state index contributed by atoms with van der Waals surface area (Å²) in [6.45, 7) is 2.23. The minimum Gasteiger partial charge on any atom is -0.480 e. The van der Waals surface area contributed by atoms with Crippen LogP contribution in [0, 0.1) is 0 Å². The first-order valence-corrected chi connectivity index (χ1v) is 11.9. The molecule has 37 heavy (non-hydrogen) atoms. The van der Waals surface area contributed by atoms with Gasteiger partial charge in [0, 0.05) is 29.5 Å². The highest BCUT2D eigenvalue weighted by atomic mass is 35.5. The first kappa shape index (κ1) is 25.6. The first-order valence-electron chi connectivity index (χ1n) is 11.5. The molecule has 0 spiro atoms. The lowest BCUT2D eigenvalue weighted by Crippen LogP contribution is -2.52. The summed E-state index contributed by atoms with van der Waals surface area (Å²) in [5.41, 5.74) is 0.487. The number of hydrogen-bond acceptors (Lipinski definition) is 8. The number of aromatic nitrogens is 3. The number of nitrogens with zero attached hydrogens (tertiary/aromatic N) is 3. The number of pyridine rings is 1. The van der Waals surface area contributed by atoms with Crippen LogP contribution in [0.1, 0.15) is 36.5 Å². The van der Waals surface area contributed by atoms with Crippen LogP contribution in [0.25, 0.3) is 0 Å².